The highest BCUT2D eigenvalue weighted by molar-refractivity contribution is 5.94. The second-order valence-corrected chi connectivity index (χ2v) is 5.58. The zero-order chi connectivity index (χ0) is 14.8. The molecule has 0 unspecified atom stereocenters. The van der Waals surface area contributed by atoms with Crippen LogP contribution in [0.15, 0.2) is 48.5 Å². The van der Waals surface area contributed by atoms with Crippen molar-refractivity contribution in [3.8, 4) is 0 Å². The van der Waals surface area contributed by atoms with Crippen molar-refractivity contribution >= 4 is 5.91 Å². The molecule has 21 heavy (non-hydrogen) atoms. The first-order valence-corrected chi connectivity index (χ1v) is 7.28. The largest absolute Gasteiger partial charge is 0.332 e. The lowest BCUT2D eigenvalue weighted by Crippen LogP contribution is -2.30. The summed E-state index contributed by atoms with van der Waals surface area (Å²) in [6.45, 7) is 2.82. The van der Waals surface area contributed by atoms with Crippen LogP contribution in [0, 0.1) is 12.7 Å². The van der Waals surface area contributed by atoms with Crippen LogP contribution in [0.4, 0.5) is 4.39 Å². The molecule has 0 aromatic heterocycles. The molecular weight excluding hydrogens is 265 g/mol. The number of rotatable bonds is 2. The fraction of sp³-hybridized carbons (Fsp3) is 0.278. The zero-order valence-corrected chi connectivity index (χ0v) is 12.1. The minimum Gasteiger partial charge on any atom is -0.332 e. The van der Waals surface area contributed by atoms with E-state index in [2.05, 4.69) is 25.1 Å². The number of carbonyl (C=O) groups excluding carboxylic acids is 1. The standard InChI is InChI=1S/C18H18FNO/c1-13-4-2-5-15(12-13)17-6-3-11-20(17)18(21)14-7-9-16(19)10-8-14/h2,4-5,7-10,12,17H,3,6,11H2,1H3/t17-/m0/s1. The Kier molecular flexibility index (Phi) is 3.74. The minimum absolute atomic E-state index is 0.0148. The monoisotopic (exact) mass is 283 g/mol. The van der Waals surface area contributed by atoms with E-state index in [1.165, 1.54) is 23.3 Å². The number of hydrogen-bond acceptors (Lipinski definition) is 1. The highest BCUT2D eigenvalue weighted by Crippen LogP contribution is 2.33. The second kappa shape index (κ2) is 5.68. The second-order valence-electron chi connectivity index (χ2n) is 5.58. The normalized spacial score (nSPS) is 18.0. The Morgan fingerprint density at radius 2 is 1.95 bits per heavy atom. The Labute approximate surface area is 124 Å². The molecule has 1 saturated heterocycles. The summed E-state index contributed by atoms with van der Waals surface area (Å²) in [6.07, 6.45) is 1.99. The van der Waals surface area contributed by atoms with Crippen LogP contribution in [0.3, 0.4) is 0 Å². The van der Waals surface area contributed by atoms with Crippen LogP contribution < -0.4 is 0 Å². The van der Waals surface area contributed by atoms with Gasteiger partial charge in [0.2, 0.25) is 0 Å². The molecule has 2 aromatic rings. The van der Waals surface area contributed by atoms with E-state index >= 15 is 0 Å². The van der Waals surface area contributed by atoms with E-state index in [4.69, 9.17) is 0 Å². The molecule has 108 valence electrons. The van der Waals surface area contributed by atoms with Crippen LogP contribution in [0.2, 0.25) is 0 Å². The van der Waals surface area contributed by atoms with Gasteiger partial charge in [0.25, 0.3) is 5.91 Å². The van der Waals surface area contributed by atoms with Crippen molar-refractivity contribution in [3.05, 3.63) is 71.0 Å². The summed E-state index contributed by atoms with van der Waals surface area (Å²) >= 11 is 0. The quantitative estimate of drug-likeness (QED) is 0.812. The first-order chi connectivity index (χ1) is 10.1. The maximum absolute atomic E-state index is 13.0. The maximum atomic E-state index is 13.0. The number of nitrogens with zero attached hydrogens (tertiary/aromatic N) is 1. The molecule has 1 amide bonds. The third kappa shape index (κ3) is 2.82. The minimum atomic E-state index is -0.316. The van der Waals surface area contributed by atoms with Crippen molar-refractivity contribution in [2.24, 2.45) is 0 Å². The van der Waals surface area contributed by atoms with Crippen LogP contribution in [-0.2, 0) is 0 Å². The summed E-state index contributed by atoms with van der Waals surface area (Å²) in [5, 5.41) is 0. The zero-order valence-electron chi connectivity index (χ0n) is 12.1. The van der Waals surface area contributed by atoms with Gasteiger partial charge in [-0.2, -0.15) is 0 Å². The fourth-order valence-corrected chi connectivity index (χ4v) is 2.99. The van der Waals surface area contributed by atoms with Crippen LogP contribution >= 0.6 is 0 Å². The van der Waals surface area contributed by atoms with Gasteiger partial charge in [-0.25, -0.2) is 4.39 Å². The maximum Gasteiger partial charge on any atom is 0.254 e. The van der Waals surface area contributed by atoms with E-state index in [9.17, 15) is 9.18 Å². The Bertz CT molecular complexity index is 651. The van der Waals surface area contributed by atoms with E-state index in [1.807, 2.05) is 11.0 Å². The summed E-state index contributed by atoms with van der Waals surface area (Å²) in [4.78, 5) is 14.5. The summed E-state index contributed by atoms with van der Waals surface area (Å²) in [7, 11) is 0. The lowest BCUT2D eigenvalue weighted by molar-refractivity contribution is 0.0735. The van der Waals surface area contributed by atoms with Crippen molar-refractivity contribution in [2.75, 3.05) is 6.54 Å². The number of likely N-dealkylation sites (tertiary alicyclic amines) is 1. The van der Waals surface area contributed by atoms with Crippen molar-refractivity contribution in [2.45, 2.75) is 25.8 Å². The predicted octanol–water partition coefficient (Wildman–Crippen LogP) is 4.11. The molecule has 0 aliphatic carbocycles. The van der Waals surface area contributed by atoms with Gasteiger partial charge in [-0.05, 0) is 49.6 Å². The molecule has 0 N–H and O–H groups in total. The van der Waals surface area contributed by atoms with Gasteiger partial charge < -0.3 is 4.90 Å². The fourth-order valence-electron chi connectivity index (χ4n) is 2.99. The van der Waals surface area contributed by atoms with Gasteiger partial charge in [0, 0.05) is 12.1 Å². The van der Waals surface area contributed by atoms with Gasteiger partial charge in [0.15, 0.2) is 0 Å². The van der Waals surface area contributed by atoms with Gasteiger partial charge in [-0.3, -0.25) is 4.79 Å². The summed E-state index contributed by atoms with van der Waals surface area (Å²) in [6, 6.07) is 14.2. The summed E-state index contributed by atoms with van der Waals surface area (Å²) < 4.78 is 13.0. The van der Waals surface area contributed by atoms with E-state index < -0.39 is 0 Å². The first kappa shape index (κ1) is 13.8. The highest BCUT2D eigenvalue weighted by Gasteiger charge is 2.30. The van der Waals surface area contributed by atoms with Gasteiger partial charge in [0.05, 0.1) is 6.04 Å². The van der Waals surface area contributed by atoms with Crippen molar-refractivity contribution in [1.82, 2.24) is 4.90 Å². The molecule has 0 radical (unpaired) electrons. The van der Waals surface area contributed by atoms with E-state index in [0.29, 0.717) is 5.56 Å². The summed E-state index contributed by atoms with van der Waals surface area (Å²) in [5.41, 5.74) is 2.94. The molecule has 1 aliphatic rings. The van der Waals surface area contributed by atoms with Crippen LogP contribution in [0.1, 0.15) is 40.4 Å². The summed E-state index contributed by atoms with van der Waals surface area (Å²) in [5.74, 6) is -0.331. The smallest absolute Gasteiger partial charge is 0.254 e. The molecule has 3 heteroatoms. The molecule has 1 aliphatic heterocycles. The number of aryl methyl sites for hydroxylation is 1. The van der Waals surface area contributed by atoms with Gasteiger partial charge >= 0.3 is 0 Å². The van der Waals surface area contributed by atoms with E-state index in [0.717, 1.165) is 19.4 Å². The van der Waals surface area contributed by atoms with Crippen LogP contribution in [-0.4, -0.2) is 17.4 Å². The van der Waals surface area contributed by atoms with E-state index in [1.54, 1.807) is 12.1 Å². The molecular formula is C18H18FNO. The number of hydrogen-bond donors (Lipinski definition) is 0. The number of halogens is 1. The number of benzene rings is 2. The predicted molar refractivity (Wildman–Crippen MR) is 80.6 cm³/mol. The molecule has 2 aromatic carbocycles. The van der Waals surface area contributed by atoms with Crippen LogP contribution in [0.25, 0.3) is 0 Å². The van der Waals surface area contributed by atoms with Gasteiger partial charge in [-0.15, -0.1) is 0 Å². The van der Waals surface area contributed by atoms with Gasteiger partial charge in [0.1, 0.15) is 5.82 Å². The Hall–Kier alpha value is -2.16. The molecule has 1 fully saturated rings. The molecule has 3 rings (SSSR count). The Morgan fingerprint density at radius 1 is 1.19 bits per heavy atom. The topological polar surface area (TPSA) is 20.3 Å². The third-order valence-electron chi connectivity index (χ3n) is 4.03. The highest BCUT2D eigenvalue weighted by atomic mass is 19.1. The molecule has 1 atom stereocenters. The molecule has 0 spiro atoms. The third-order valence-corrected chi connectivity index (χ3v) is 4.03. The molecule has 0 saturated carbocycles. The average molecular weight is 283 g/mol. The Balaban J connectivity index is 1.87. The van der Waals surface area contributed by atoms with Crippen molar-refractivity contribution in [1.29, 1.82) is 0 Å². The first-order valence-electron chi connectivity index (χ1n) is 7.28. The Morgan fingerprint density at radius 3 is 2.67 bits per heavy atom. The number of amides is 1. The molecule has 2 nitrogen and oxygen atoms in total. The number of carbonyl (C=O) groups is 1. The lowest BCUT2D eigenvalue weighted by Gasteiger charge is -2.25. The van der Waals surface area contributed by atoms with Crippen LogP contribution in [0.5, 0.6) is 0 Å². The van der Waals surface area contributed by atoms with Gasteiger partial charge in [-0.1, -0.05) is 29.8 Å². The molecule has 1 heterocycles. The SMILES string of the molecule is Cc1cccc([C@@H]2CCCN2C(=O)c2ccc(F)cc2)c1. The van der Waals surface area contributed by atoms with Crippen molar-refractivity contribution in [3.63, 3.8) is 0 Å². The lowest BCUT2D eigenvalue weighted by atomic mass is 10.0. The van der Waals surface area contributed by atoms with E-state index in [-0.39, 0.29) is 17.8 Å². The average Bonchev–Trinajstić information content (AvgIpc) is 2.97. The molecule has 0 bridgehead atoms. The van der Waals surface area contributed by atoms with Crippen molar-refractivity contribution < 1.29 is 9.18 Å².